The lowest BCUT2D eigenvalue weighted by molar-refractivity contribution is -0.114. The SMILES string of the molecule is CNC(=O)n1ccc(NC(C)=O)n1. The van der Waals surface area contributed by atoms with E-state index in [9.17, 15) is 9.59 Å². The first-order valence-corrected chi connectivity index (χ1v) is 3.69. The van der Waals surface area contributed by atoms with Gasteiger partial charge in [0.05, 0.1) is 0 Å². The van der Waals surface area contributed by atoms with Crippen LogP contribution in [0.1, 0.15) is 6.92 Å². The molecular formula is C7H10N4O2. The molecule has 6 heteroatoms. The predicted molar refractivity (Wildman–Crippen MR) is 46.4 cm³/mol. The van der Waals surface area contributed by atoms with E-state index in [0.717, 1.165) is 4.68 Å². The molecule has 0 aliphatic carbocycles. The van der Waals surface area contributed by atoms with Gasteiger partial charge in [-0.25, -0.2) is 4.79 Å². The van der Waals surface area contributed by atoms with Crippen molar-refractivity contribution in [3.05, 3.63) is 12.3 Å². The molecule has 0 saturated heterocycles. The van der Waals surface area contributed by atoms with Crippen LogP contribution in [0.3, 0.4) is 0 Å². The first-order valence-electron chi connectivity index (χ1n) is 3.69. The van der Waals surface area contributed by atoms with E-state index >= 15 is 0 Å². The van der Waals surface area contributed by atoms with Gasteiger partial charge in [-0.15, -0.1) is 5.10 Å². The van der Waals surface area contributed by atoms with Crippen LogP contribution < -0.4 is 10.6 Å². The summed E-state index contributed by atoms with van der Waals surface area (Å²) in [4.78, 5) is 21.6. The van der Waals surface area contributed by atoms with Crippen LogP contribution >= 0.6 is 0 Å². The maximum atomic E-state index is 11.0. The van der Waals surface area contributed by atoms with Crippen molar-refractivity contribution in [2.45, 2.75) is 6.92 Å². The van der Waals surface area contributed by atoms with Gasteiger partial charge in [0.2, 0.25) is 5.91 Å². The van der Waals surface area contributed by atoms with Crippen LogP contribution in [-0.4, -0.2) is 28.8 Å². The van der Waals surface area contributed by atoms with E-state index in [1.54, 1.807) is 0 Å². The molecule has 0 fully saturated rings. The Hall–Kier alpha value is -1.85. The zero-order chi connectivity index (χ0) is 9.84. The van der Waals surface area contributed by atoms with E-state index in [1.807, 2.05) is 0 Å². The third kappa shape index (κ3) is 2.29. The number of nitrogens with zero attached hydrogens (tertiary/aromatic N) is 2. The number of hydrogen-bond acceptors (Lipinski definition) is 3. The Balaban J connectivity index is 2.74. The Morgan fingerprint density at radius 2 is 2.23 bits per heavy atom. The lowest BCUT2D eigenvalue weighted by atomic mass is 10.6. The van der Waals surface area contributed by atoms with E-state index in [1.165, 1.54) is 26.2 Å². The van der Waals surface area contributed by atoms with E-state index in [-0.39, 0.29) is 11.9 Å². The molecule has 1 aromatic rings. The van der Waals surface area contributed by atoms with Crippen LogP contribution in [0, 0.1) is 0 Å². The first-order chi connectivity index (χ1) is 6.13. The predicted octanol–water partition coefficient (Wildman–Crippen LogP) is 0.0290. The molecule has 13 heavy (non-hydrogen) atoms. The summed E-state index contributed by atoms with van der Waals surface area (Å²) >= 11 is 0. The van der Waals surface area contributed by atoms with Crippen LogP contribution in [0.2, 0.25) is 0 Å². The Morgan fingerprint density at radius 3 is 2.77 bits per heavy atom. The molecule has 0 aliphatic heterocycles. The van der Waals surface area contributed by atoms with Gasteiger partial charge in [-0.1, -0.05) is 0 Å². The van der Waals surface area contributed by atoms with E-state index in [2.05, 4.69) is 15.7 Å². The number of aromatic nitrogens is 2. The Bertz CT molecular complexity index is 331. The summed E-state index contributed by atoms with van der Waals surface area (Å²) in [5.41, 5.74) is 0. The van der Waals surface area contributed by atoms with E-state index < -0.39 is 0 Å². The van der Waals surface area contributed by atoms with Gasteiger partial charge in [-0.2, -0.15) is 4.68 Å². The summed E-state index contributed by atoms with van der Waals surface area (Å²) in [5.74, 6) is 0.137. The van der Waals surface area contributed by atoms with E-state index in [4.69, 9.17) is 0 Å². The minimum absolute atomic E-state index is 0.220. The lowest BCUT2D eigenvalue weighted by Gasteiger charge is -1.97. The topological polar surface area (TPSA) is 76.0 Å². The van der Waals surface area contributed by atoms with Crippen molar-refractivity contribution in [1.29, 1.82) is 0 Å². The molecule has 70 valence electrons. The first kappa shape index (κ1) is 9.24. The molecule has 2 amide bonds. The molecule has 0 bridgehead atoms. The largest absolute Gasteiger partial charge is 0.341 e. The molecule has 1 rings (SSSR count). The van der Waals surface area contributed by atoms with Crippen molar-refractivity contribution in [2.24, 2.45) is 0 Å². The summed E-state index contributed by atoms with van der Waals surface area (Å²) < 4.78 is 1.10. The van der Waals surface area contributed by atoms with Crippen LogP contribution in [0.5, 0.6) is 0 Å². The number of anilines is 1. The molecule has 0 atom stereocenters. The molecular weight excluding hydrogens is 172 g/mol. The minimum atomic E-state index is -0.350. The fraction of sp³-hybridized carbons (Fsp3) is 0.286. The zero-order valence-corrected chi connectivity index (χ0v) is 7.37. The van der Waals surface area contributed by atoms with Crippen molar-refractivity contribution in [1.82, 2.24) is 15.1 Å². The fourth-order valence-corrected chi connectivity index (χ4v) is 0.799. The average molecular weight is 182 g/mol. The molecule has 6 nitrogen and oxygen atoms in total. The fourth-order valence-electron chi connectivity index (χ4n) is 0.799. The second-order valence-corrected chi connectivity index (χ2v) is 2.38. The third-order valence-electron chi connectivity index (χ3n) is 1.32. The van der Waals surface area contributed by atoms with Gasteiger partial charge in [0.15, 0.2) is 5.82 Å². The molecule has 0 saturated carbocycles. The second-order valence-electron chi connectivity index (χ2n) is 2.38. The summed E-state index contributed by atoms with van der Waals surface area (Å²) in [6.07, 6.45) is 1.46. The van der Waals surface area contributed by atoms with Crippen LogP contribution in [0.15, 0.2) is 12.3 Å². The highest BCUT2D eigenvalue weighted by molar-refractivity contribution is 5.87. The van der Waals surface area contributed by atoms with Crippen molar-refractivity contribution < 1.29 is 9.59 Å². The van der Waals surface area contributed by atoms with Gasteiger partial charge in [0.1, 0.15) is 0 Å². The Kier molecular flexibility index (Phi) is 2.63. The number of carbonyl (C=O) groups is 2. The van der Waals surface area contributed by atoms with Crippen LogP contribution in [0.25, 0.3) is 0 Å². The highest BCUT2D eigenvalue weighted by Gasteiger charge is 2.04. The van der Waals surface area contributed by atoms with Gasteiger partial charge in [0.25, 0.3) is 0 Å². The lowest BCUT2D eigenvalue weighted by Crippen LogP contribution is -2.25. The summed E-state index contributed by atoms with van der Waals surface area (Å²) in [6.45, 7) is 1.37. The monoisotopic (exact) mass is 182 g/mol. The quantitative estimate of drug-likeness (QED) is 0.643. The van der Waals surface area contributed by atoms with Crippen LogP contribution in [-0.2, 0) is 4.79 Å². The number of hydrogen-bond donors (Lipinski definition) is 2. The molecule has 0 spiro atoms. The molecule has 1 heterocycles. The number of amides is 2. The number of nitrogens with one attached hydrogen (secondary N) is 2. The van der Waals surface area contributed by atoms with E-state index in [0.29, 0.717) is 5.82 Å². The summed E-state index contributed by atoms with van der Waals surface area (Å²) in [5, 5.41) is 8.64. The van der Waals surface area contributed by atoms with Crippen molar-refractivity contribution in [3.8, 4) is 0 Å². The smallest absolute Gasteiger partial charge is 0.339 e. The van der Waals surface area contributed by atoms with Crippen molar-refractivity contribution in [3.63, 3.8) is 0 Å². The maximum Gasteiger partial charge on any atom is 0.341 e. The molecule has 2 N–H and O–H groups in total. The zero-order valence-electron chi connectivity index (χ0n) is 7.37. The third-order valence-corrected chi connectivity index (χ3v) is 1.32. The maximum absolute atomic E-state index is 11.0. The highest BCUT2D eigenvalue weighted by atomic mass is 16.2. The standard InChI is InChI=1S/C7H10N4O2/c1-5(12)9-6-3-4-11(10-6)7(13)8-2/h3-4H,1-2H3,(H,8,13)(H,9,10,12). The van der Waals surface area contributed by atoms with Gasteiger partial charge < -0.3 is 10.6 Å². The molecule has 1 aromatic heterocycles. The summed E-state index contributed by atoms with van der Waals surface area (Å²) in [7, 11) is 1.50. The van der Waals surface area contributed by atoms with Gasteiger partial charge in [-0.3, -0.25) is 4.79 Å². The normalized spacial score (nSPS) is 9.38. The highest BCUT2D eigenvalue weighted by Crippen LogP contribution is 2.00. The Morgan fingerprint density at radius 1 is 1.54 bits per heavy atom. The average Bonchev–Trinajstić information content (AvgIpc) is 2.50. The minimum Gasteiger partial charge on any atom is -0.339 e. The Labute approximate surface area is 74.9 Å². The molecule has 0 unspecified atom stereocenters. The van der Waals surface area contributed by atoms with Crippen molar-refractivity contribution >= 4 is 17.8 Å². The second kappa shape index (κ2) is 3.70. The molecule has 0 aliphatic rings. The number of rotatable bonds is 1. The van der Waals surface area contributed by atoms with Gasteiger partial charge in [-0.05, 0) is 0 Å². The van der Waals surface area contributed by atoms with Gasteiger partial charge in [0, 0.05) is 26.2 Å². The van der Waals surface area contributed by atoms with Crippen LogP contribution in [0.4, 0.5) is 10.6 Å². The van der Waals surface area contributed by atoms with Crippen molar-refractivity contribution in [2.75, 3.05) is 12.4 Å². The summed E-state index contributed by atoms with van der Waals surface area (Å²) in [6, 6.07) is 1.19. The molecule has 0 aromatic carbocycles. The van der Waals surface area contributed by atoms with Gasteiger partial charge >= 0.3 is 6.03 Å². The molecule has 0 radical (unpaired) electrons. The number of carbonyl (C=O) groups excluding carboxylic acids is 2.